The van der Waals surface area contributed by atoms with Gasteiger partial charge in [0.2, 0.25) is 0 Å². The van der Waals surface area contributed by atoms with Gasteiger partial charge in [-0.05, 0) is 19.9 Å². The minimum absolute atomic E-state index is 0.0110. The number of nitrogens with one attached hydrogen (secondary N) is 2. The van der Waals surface area contributed by atoms with Crippen molar-refractivity contribution in [2.24, 2.45) is 23.7 Å². The number of carbonyl (C=O) groups is 3. The number of aliphatic hydroxyl groups excluding tert-OH is 2. The molecule has 14 nitrogen and oxygen atoms in total. The topological polar surface area (TPSA) is 206 Å². The van der Waals surface area contributed by atoms with E-state index in [9.17, 15) is 34.8 Å². The summed E-state index contributed by atoms with van der Waals surface area (Å²) in [5.74, 6) is -6.86. The van der Waals surface area contributed by atoms with E-state index in [1.807, 2.05) is 0 Å². The van der Waals surface area contributed by atoms with Crippen molar-refractivity contribution >= 4 is 60.8 Å². The summed E-state index contributed by atoms with van der Waals surface area (Å²) in [4.78, 5) is 44.9. The highest BCUT2D eigenvalue weighted by molar-refractivity contribution is 7.23. The standard InChI is InChI=1S/C39H49N3O11S/c1-16-12-11-13-17(2)37(49)41-28-32(47)25-24(27-35(28)54-38(40-9)42-27)26-34(21(6)31(25)46)53-39(8,36(26)48)51-15-14-23(50-10)18(3)33(52-22(7)43)20(5)30(45)19(4)29(16)44/h11-16,18-20,23,29-30,33,44-47H,1-10H3,(H,40,42)(H,41,49)/b12-11+,15-14+,17-13-. The Bertz CT molecular complexity index is 2070. The first-order valence-corrected chi connectivity index (χ1v) is 18.5. The average Bonchev–Trinajstić information content (AvgIpc) is 3.68. The van der Waals surface area contributed by atoms with Gasteiger partial charge < -0.3 is 50.0 Å². The molecule has 2 aromatic carbocycles. The molecule has 0 saturated heterocycles. The number of phenols is 2. The van der Waals surface area contributed by atoms with Gasteiger partial charge in [0.1, 0.15) is 23.3 Å². The molecular formula is C39H49N3O11S. The van der Waals surface area contributed by atoms with Crippen molar-refractivity contribution in [3.05, 3.63) is 47.3 Å². The summed E-state index contributed by atoms with van der Waals surface area (Å²) in [5, 5.41) is 52.2. The van der Waals surface area contributed by atoms with Crippen molar-refractivity contribution in [2.75, 3.05) is 24.8 Å². The van der Waals surface area contributed by atoms with E-state index in [2.05, 4.69) is 15.6 Å². The molecule has 4 bridgehead atoms. The number of rotatable bonds is 3. The number of methoxy groups -OCH3 is 1. The zero-order chi connectivity index (χ0) is 40.0. The zero-order valence-corrected chi connectivity index (χ0v) is 32.8. The Labute approximate surface area is 317 Å². The number of carbonyl (C=O) groups excluding carboxylic acids is 3. The molecule has 15 heteroatoms. The highest BCUT2D eigenvalue weighted by Gasteiger charge is 2.49. The van der Waals surface area contributed by atoms with Gasteiger partial charge in [-0.15, -0.1) is 0 Å². The largest absolute Gasteiger partial charge is 0.507 e. The summed E-state index contributed by atoms with van der Waals surface area (Å²) in [6.07, 6.45) is 3.89. The average molecular weight is 768 g/mol. The number of aromatic hydroxyl groups is 2. The van der Waals surface area contributed by atoms with E-state index in [1.165, 1.54) is 40.2 Å². The molecule has 5 rings (SSSR count). The van der Waals surface area contributed by atoms with Gasteiger partial charge in [0.25, 0.3) is 11.7 Å². The quantitative estimate of drug-likeness (QED) is 0.140. The van der Waals surface area contributed by atoms with Gasteiger partial charge in [0, 0.05) is 68.2 Å². The molecule has 1 aromatic heterocycles. The van der Waals surface area contributed by atoms with Gasteiger partial charge in [-0.2, -0.15) is 0 Å². The van der Waals surface area contributed by atoms with Crippen LogP contribution < -0.4 is 15.4 Å². The Hall–Kier alpha value is -4.70. The summed E-state index contributed by atoms with van der Waals surface area (Å²) in [6, 6.07) is 0. The number of fused-ring (bicyclic) bond motifs is 1. The summed E-state index contributed by atoms with van der Waals surface area (Å²) in [6.45, 7) is 12.8. The summed E-state index contributed by atoms with van der Waals surface area (Å²) in [7, 11) is 3.11. The van der Waals surface area contributed by atoms with Crippen LogP contribution in [-0.2, 0) is 23.8 Å². The number of hydrogen-bond acceptors (Lipinski definition) is 14. The number of ketones is 1. The SMILES string of the molecule is CNc1nc2c(s1)c1c(O)c3c(O)c(C)c4c(c32)C(=O)C(C)(O/C=C/C(OC)C(C)C(OC(C)=O)C(C)C(O)C(C)C(O)C(C)/C=C/C=C(/C)C(=O)N1)O4. The second kappa shape index (κ2) is 15.6. The zero-order valence-electron chi connectivity index (χ0n) is 32.0. The van der Waals surface area contributed by atoms with Crippen LogP contribution in [0, 0.1) is 30.6 Å². The fraction of sp³-hybridized carbons (Fsp3) is 0.487. The monoisotopic (exact) mass is 767 g/mol. The van der Waals surface area contributed by atoms with Crippen LogP contribution in [0.25, 0.3) is 21.0 Å². The van der Waals surface area contributed by atoms with Crippen LogP contribution in [0.5, 0.6) is 17.2 Å². The number of thiazole rings is 1. The Morgan fingerprint density at radius 2 is 1.70 bits per heavy atom. The molecule has 1 amide bonds. The lowest BCUT2D eigenvalue weighted by Crippen LogP contribution is -2.46. The third-order valence-corrected chi connectivity index (χ3v) is 11.7. The number of aromatic nitrogens is 1. The van der Waals surface area contributed by atoms with Crippen LogP contribution in [0.15, 0.2) is 36.1 Å². The van der Waals surface area contributed by atoms with Crippen molar-refractivity contribution in [1.29, 1.82) is 0 Å². The predicted molar refractivity (Wildman–Crippen MR) is 205 cm³/mol. The molecule has 0 saturated carbocycles. The second-order valence-electron chi connectivity index (χ2n) is 14.3. The number of amides is 1. The van der Waals surface area contributed by atoms with Crippen LogP contribution in [-0.4, -0.2) is 87.4 Å². The number of benzene rings is 2. The van der Waals surface area contributed by atoms with Gasteiger partial charge in [-0.25, -0.2) is 4.98 Å². The molecule has 9 unspecified atom stereocenters. The number of Topliss-reactive ketones (excluding diaryl/α,β-unsaturated/α-hetero) is 1. The molecule has 0 fully saturated rings. The van der Waals surface area contributed by atoms with E-state index < -0.39 is 77.3 Å². The fourth-order valence-corrected chi connectivity index (χ4v) is 8.16. The van der Waals surface area contributed by atoms with Crippen molar-refractivity contribution < 1.29 is 53.8 Å². The maximum atomic E-state index is 14.4. The van der Waals surface area contributed by atoms with Crippen LogP contribution in [0.1, 0.15) is 64.4 Å². The van der Waals surface area contributed by atoms with Crippen molar-refractivity contribution in [3.8, 4) is 17.2 Å². The number of esters is 1. The van der Waals surface area contributed by atoms with E-state index in [0.717, 1.165) is 11.3 Å². The number of phenolic OH excluding ortho intramolecular Hbond substituents is 2. The van der Waals surface area contributed by atoms with E-state index >= 15 is 0 Å². The van der Waals surface area contributed by atoms with Crippen molar-refractivity contribution in [3.63, 3.8) is 0 Å². The van der Waals surface area contributed by atoms with E-state index in [4.69, 9.17) is 18.9 Å². The number of hydrogen-bond donors (Lipinski definition) is 6. The number of ether oxygens (including phenoxy) is 4. The molecule has 2 aliphatic rings. The number of anilines is 2. The third kappa shape index (κ3) is 7.12. The number of aliphatic hydroxyl groups is 2. The highest BCUT2D eigenvalue weighted by Crippen LogP contribution is 2.55. The number of nitrogens with zero attached hydrogens (tertiary/aromatic N) is 1. The molecule has 0 spiro atoms. The minimum atomic E-state index is -1.94. The summed E-state index contributed by atoms with van der Waals surface area (Å²) < 4.78 is 24.0. The third-order valence-electron chi connectivity index (χ3n) is 10.6. The lowest BCUT2D eigenvalue weighted by Gasteiger charge is -2.38. The summed E-state index contributed by atoms with van der Waals surface area (Å²) in [5.41, 5.74) is 0.640. The second-order valence-corrected chi connectivity index (χ2v) is 15.3. The molecule has 3 heterocycles. The molecular weight excluding hydrogens is 719 g/mol. The molecule has 54 heavy (non-hydrogen) atoms. The maximum Gasteiger partial charge on any atom is 0.312 e. The molecule has 2 aliphatic heterocycles. The first-order valence-electron chi connectivity index (χ1n) is 17.7. The van der Waals surface area contributed by atoms with Gasteiger partial charge in [-0.3, -0.25) is 14.4 Å². The Morgan fingerprint density at radius 1 is 1.02 bits per heavy atom. The van der Waals surface area contributed by atoms with Crippen LogP contribution >= 0.6 is 11.3 Å². The van der Waals surface area contributed by atoms with Gasteiger partial charge in [-0.1, -0.05) is 57.3 Å². The van der Waals surface area contributed by atoms with Crippen LogP contribution in [0.3, 0.4) is 0 Å². The molecule has 292 valence electrons. The lowest BCUT2D eigenvalue weighted by atomic mass is 9.78. The first kappa shape index (κ1) is 40.5. The fourth-order valence-electron chi connectivity index (χ4n) is 7.23. The highest BCUT2D eigenvalue weighted by atomic mass is 32.1. The smallest absolute Gasteiger partial charge is 0.312 e. The molecule has 9 atom stereocenters. The molecule has 0 aliphatic carbocycles. The predicted octanol–water partition coefficient (Wildman–Crippen LogP) is 5.70. The van der Waals surface area contributed by atoms with Crippen molar-refractivity contribution in [1.82, 2.24) is 4.98 Å². The maximum absolute atomic E-state index is 14.4. The summed E-state index contributed by atoms with van der Waals surface area (Å²) >= 11 is 1.12. The van der Waals surface area contributed by atoms with Crippen LogP contribution in [0.2, 0.25) is 0 Å². The molecule has 0 radical (unpaired) electrons. The molecule has 6 N–H and O–H groups in total. The lowest BCUT2D eigenvalue weighted by molar-refractivity contribution is -0.160. The van der Waals surface area contributed by atoms with E-state index in [1.54, 1.807) is 59.9 Å². The van der Waals surface area contributed by atoms with E-state index in [-0.39, 0.29) is 50.2 Å². The van der Waals surface area contributed by atoms with Gasteiger partial charge in [0.15, 0.2) is 10.9 Å². The molecule has 3 aromatic rings. The minimum Gasteiger partial charge on any atom is -0.507 e. The van der Waals surface area contributed by atoms with Gasteiger partial charge in [0.05, 0.1) is 45.7 Å². The van der Waals surface area contributed by atoms with E-state index in [0.29, 0.717) is 9.83 Å². The van der Waals surface area contributed by atoms with Crippen molar-refractivity contribution in [2.45, 2.75) is 85.6 Å². The Morgan fingerprint density at radius 3 is 2.33 bits per heavy atom. The number of allylic oxidation sites excluding steroid dienone is 2. The normalized spacial score (nSPS) is 31.7. The van der Waals surface area contributed by atoms with Crippen LogP contribution in [0.4, 0.5) is 10.8 Å². The Balaban J connectivity index is 1.71. The first-order chi connectivity index (χ1) is 25.4. The van der Waals surface area contributed by atoms with Gasteiger partial charge >= 0.3 is 11.8 Å². The Kier molecular flexibility index (Phi) is 11.7.